The van der Waals surface area contributed by atoms with Crippen LogP contribution in [-0.2, 0) is 16.0 Å². The number of rotatable bonds is 4. The van der Waals surface area contributed by atoms with Crippen molar-refractivity contribution in [3.05, 3.63) is 23.8 Å². The molecule has 1 atom stereocenters. The van der Waals surface area contributed by atoms with Crippen LogP contribution in [0, 0.1) is 0 Å². The highest BCUT2D eigenvalue weighted by molar-refractivity contribution is 6.02. The number of carbonyl (C=O) groups is 2. The topological polar surface area (TPSA) is 62.3 Å². The number of benzene rings is 1. The number of carbonyl (C=O) groups excluding carboxylic acids is 2. The number of likely N-dealkylation sites (tertiary alicyclic amines) is 2. The van der Waals surface area contributed by atoms with Gasteiger partial charge in [-0.2, -0.15) is 0 Å². The van der Waals surface area contributed by atoms with Crippen LogP contribution in [0.3, 0.4) is 0 Å². The largest absolute Gasteiger partial charge is 0.497 e. The van der Waals surface area contributed by atoms with Gasteiger partial charge in [-0.25, -0.2) is 4.79 Å². The molecule has 3 aliphatic heterocycles. The molecule has 0 spiro atoms. The van der Waals surface area contributed by atoms with Crippen molar-refractivity contribution < 1.29 is 19.1 Å². The van der Waals surface area contributed by atoms with Crippen LogP contribution in [0.15, 0.2) is 18.2 Å². The van der Waals surface area contributed by atoms with E-state index in [0.29, 0.717) is 19.1 Å². The molecule has 0 unspecified atom stereocenters. The Balaban J connectivity index is 1.37. The maximum atomic E-state index is 12.7. The second-order valence-corrected chi connectivity index (χ2v) is 7.79. The summed E-state index contributed by atoms with van der Waals surface area (Å²) in [6.07, 6.45) is 3.19. The molecule has 152 valence electrons. The van der Waals surface area contributed by atoms with Crippen molar-refractivity contribution in [1.82, 2.24) is 9.80 Å². The lowest BCUT2D eigenvalue weighted by Crippen LogP contribution is -2.50. The Hall–Kier alpha value is -2.28. The molecular weight excluding hydrogens is 358 g/mol. The Morgan fingerprint density at radius 2 is 1.89 bits per heavy atom. The molecule has 2 fully saturated rings. The summed E-state index contributed by atoms with van der Waals surface area (Å²) in [5.41, 5.74) is 2.10. The lowest BCUT2D eigenvalue weighted by Gasteiger charge is -2.39. The molecule has 4 rings (SSSR count). The molecule has 1 aromatic carbocycles. The van der Waals surface area contributed by atoms with E-state index in [1.807, 2.05) is 34.9 Å². The van der Waals surface area contributed by atoms with Crippen molar-refractivity contribution >= 4 is 17.7 Å². The van der Waals surface area contributed by atoms with Gasteiger partial charge in [0.15, 0.2) is 0 Å². The third-order valence-corrected chi connectivity index (χ3v) is 6.23. The van der Waals surface area contributed by atoms with Gasteiger partial charge in [0.05, 0.1) is 25.8 Å². The molecule has 7 heteroatoms. The number of hydrogen-bond donors (Lipinski definition) is 0. The molecule has 0 aliphatic carbocycles. The van der Waals surface area contributed by atoms with Gasteiger partial charge in [-0.1, -0.05) is 6.07 Å². The predicted octanol–water partition coefficient (Wildman–Crippen LogP) is 2.28. The zero-order valence-electron chi connectivity index (χ0n) is 16.7. The van der Waals surface area contributed by atoms with Crippen molar-refractivity contribution in [1.29, 1.82) is 0 Å². The standard InChI is InChI=1S/C21H29N3O4/c1-3-28-21(26)23-11-8-17(14-23)22-9-6-16(7-10-22)24-19-13-18(27-2)5-4-15(19)12-20(24)25/h4-5,13,16-17H,3,6-12,14H2,1-2H3/t17-/m1/s1. The van der Waals surface area contributed by atoms with Gasteiger partial charge >= 0.3 is 6.09 Å². The Kier molecular flexibility index (Phi) is 5.44. The summed E-state index contributed by atoms with van der Waals surface area (Å²) >= 11 is 0. The summed E-state index contributed by atoms with van der Waals surface area (Å²) in [7, 11) is 1.66. The van der Waals surface area contributed by atoms with Crippen LogP contribution in [0.1, 0.15) is 31.7 Å². The fraction of sp³-hybridized carbons (Fsp3) is 0.619. The summed E-state index contributed by atoms with van der Waals surface area (Å²) in [5, 5.41) is 0. The number of piperidine rings is 1. The third kappa shape index (κ3) is 3.55. The van der Waals surface area contributed by atoms with E-state index < -0.39 is 0 Å². The van der Waals surface area contributed by atoms with Crippen LogP contribution in [0.25, 0.3) is 0 Å². The number of fused-ring (bicyclic) bond motifs is 1. The zero-order valence-corrected chi connectivity index (χ0v) is 16.7. The predicted molar refractivity (Wildman–Crippen MR) is 106 cm³/mol. The highest BCUT2D eigenvalue weighted by atomic mass is 16.6. The van der Waals surface area contributed by atoms with Gasteiger partial charge in [0.25, 0.3) is 0 Å². The smallest absolute Gasteiger partial charge is 0.409 e. The third-order valence-electron chi connectivity index (χ3n) is 6.23. The minimum Gasteiger partial charge on any atom is -0.497 e. The van der Waals surface area contributed by atoms with Gasteiger partial charge in [-0.3, -0.25) is 9.69 Å². The number of ether oxygens (including phenoxy) is 2. The van der Waals surface area contributed by atoms with Crippen LogP contribution < -0.4 is 9.64 Å². The number of anilines is 1. The first kappa shape index (κ1) is 19.1. The molecule has 3 heterocycles. The summed E-state index contributed by atoms with van der Waals surface area (Å²) < 4.78 is 10.5. The summed E-state index contributed by atoms with van der Waals surface area (Å²) in [6.45, 7) is 5.67. The van der Waals surface area contributed by atoms with Gasteiger partial charge in [0, 0.05) is 44.3 Å². The average molecular weight is 387 g/mol. The maximum Gasteiger partial charge on any atom is 0.409 e. The van der Waals surface area contributed by atoms with Gasteiger partial charge in [-0.15, -0.1) is 0 Å². The van der Waals surface area contributed by atoms with Gasteiger partial charge in [0.1, 0.15) is 5.75 Å². The average Bonchev–Trinajstić information content (AvgIpc) is 3.32. The molecule has 1 aromatic rings. The van der Waals surface area contributed by atoms with Crippen LogP contribution in [0.4, 0.5) is 10.5 Å². The van der Waals surface area contributed by atoms with Crippen LogP contribution in [0.5, 0.6) is 5.75 Å². The molecular formula is C21H29N3O4. The molecule has 0 saturated carbocycles. The number of amides is 2. The van der Waals surface area contributed by atoms with E-state index in [1.54, 1.807) is 7.11 Å². The van der Waals surface area contributed by atoms with E-state index in [0.717, 1.165) is 62.4 Å². The van der Waals surface area contributed by atoms with Crippen molar-refractivity contribution in [2.75, 3.05) is 44.8 Å². The number of methoxy groups -OCH3 is 1. The Bertz CT molecular complexity index is 745. The first-order valence-corrected chi connectivity index (χ1v) is 10.3. The van der Waals surface area contributed by atoms with Crippen LogP contribution in [-0.4, -0.2) is 73.8 Å². The first-order chi connectivity index (χ1) is 13.6. The molecule has 2 amide bonds. The van der Waals surface area contributed by atoms with Crippen LogP contribution in [0.2, 0.25) is 0 Å². The lowest BCUT2D eigenvalue weighted by molar-refractivity contribution is -0.118. The van der Waals surface area contributed by atoms with Gasteiger partial charge < -0.3 is 19.3 Å². The van der Waals surface area contributed by atoms with Gasteiger partial charge in [-0.05, 0) is 37.8 Å². The molecule has 0 radical (unpaired) electrons. The highest BCUT2D eigenvalue weighted by Gasteiger charge is 2.38. The molecule has 0 aromatic heterocycles. The fourth-order valence-corrected chi connectivity index (χ4v) is 4.76. The minimum absolute atomic E-state index is 0.191. The summed E-state index contributed by atoms with van der Waals surface area (Å²) in [4.78, 5) is 30.9. The first-order valence-electron chi connectivity index (χ1n) is 10.3. The monoisotopic (exact) mass is 387 g/mol. The molecule has 0 bridgehead atoms. The number of nitrogens with zero attached hydrogens (tertiary/aromatic N) is 3. The minimum atomic E-state index is -0.201. The van der Waals surface area contributed by atoms with E-state index in [2.05, 4.69) is 4.90 Å². The van der Waals surface area contributed by atoms with Gasteiger partial charge in [0.2, 0.25) is 5.91 Å². The van der Waals surface area contributed by atoms with Crippen molar-refractivity contribution in [2.24, 2.45) is 0 Å². The Labute approximate surface area is 166 Å². The Morgan fingerprint density at radius 3 is 2.61 bits per heavy atom. The van der Waals surface area contributed by atoms with E-state index in [9.17, 15) is 9.59 Å². The van der Waals surface area contributed by atoms with E-state index >= 15 is 0 Å². The van der Waals surface area contributed by atoms with Crippen molar-refractivity contribution in [3.8, 4) is 5.75 Å². The molecule has 28 heavy (non-hydrogen) atoms. The summed E-state index contributed by atoms with van der Waals surface area (Å²) in [5.74, 6) is 0.983. The van der Waals surface area contributed by atoms with E-state index in [1.165, 1.54) is 0 Å². The second-order valence-electron chi connectivity index (χ2n) is 7.79. The zero-order chi connectivity index (χ0) is 19.7. The summed E-state index contributed by atoms with van der Waals surface area (Å²) in [6, 6.07) is 6.55. The number of hydrogen-bond acceptors (Lipinski definition) is 5. The second kappa shape index (κ2) is 7.99. The van der Waals surface area contributed by atoms with Crippen LogP contribution >= 0.6 is 0 Å². The fourth-order valence-electron chi connectivity index (χ4n) is 4.76. The molecule has 2 saturated heterocycles. The van der Waals surface area contributed by atoms with Crippen molar-refractivity contribution in [3.63, 3.8) is 0 Å². The maximum absolute atomic E-state index is 12.7. The molecule has 7 nitrogen and oxygen atoms in total. The SMILES string of the molecule is CCOC(=O)N1CC[C@@H](N2CCC(N3C(=O)Cc4ccc(OC)cc43)CC2)C1. The van der Waals surface area contributed by atoms with E-state index in [-0.39, 0.29) is 18.0 Å². The lowest BCUT2D eigenvalue weighted by atomic mass is 10.0. The van der Waals surface area contributed by atoms with E-state index in [4.69, 9.17) is 9.47 Å². The highest BCUT2D eigenvalue weighted by Crippen LogP contribution is 2.36. The quantitative estimate of drug-likeness (QED) is 0.793. The molecule has 0 N–H and O–H groups in total. The Morgan fingerprint density at radius 1 is 1.14 bits per heavy atom. The van der Waals surface area contributed by atoms with Crippen molar-refractivity contribution in [2.45, 2.75) is 44.7 Å². The normalized spacial score (nSPS) is 23.2. The molecule has 3 aliphatic rings.